The Morgan fingerprint density at radius 2 is 0.471 bits per heavy atom. The molecule has 0 aliphatic carbocycles. The van der Waals surface area contributed by atoms with Gasteiger partial charge >= 0.3 is 0 Å². The Morgan fingerprint density at radius 1 is 0.235 bits per heavy atom. The van der Waals surface area contributed by atoms with E-state index in [1.54, 1.807) is 0 Å². The Balaban J connectivity index is 1.29. The molecule has 0 heterocycles. The van der Waals surface area contributed by atoms with Gasteiger partial charge in [-0.05, 0) is 72.8 Å². The van der Waals surface area contributed by atoms with Crippen LogP contribution in [0.4, 0.5) is 0 Å². The van der Waals surface area contributed by atoms with Crippen LogP contribution in [-0.4, -0.2) is 0 Å². The van der Waals surface area contributed by atoms with E-state index >= 15 is 0 Å². The van der Waals surface area contributed by atoms with Crippen molar-refractivity contribution in [1.29, 1.82) is 0 Å². The molecule has 0 bridgehead atoms. The minimum absolute atomic E-state index is 1.25. The molecule has 0 saturated heterocycles. The molecule has 0 amide bonds. The Morgan fingerprint density at radius 3 is 0.765 bits per heavy atom. The molecule has 0 saturated carbocycles. The van der Waals surface area contributed by atoms with E-state index in [0.717, 1.165) is 0 Å². The van der Waals surface area contributed by atoms with Gasteiger partial charge in [-0.25, -0.2) is 0 Å². The first-order valence-electron chi connectivity index (χ1n) is 10.9. The Kier molecular flexibility index (Phi) is 8.05. The molecule has 0 atom stereocenters. The van der Waals surface area contributed by atoms with Crippen LogP contribution in [0.3, 0.4) is 0 Å². The van der Waals surface area contributed by atoms with E-state index < -0.39 is 0 Å². The van der Waals surface area contributed by atoms with Crippen LogP contribution in [-0.2, 0) is 0 Å². The highest BCUT2D eigenvalue weighted by Crippen LogP contribution is 2.41. The molecule has 0 aliphatic rings. The molecule has 0 aromatic heterocycles. The third-order valence-electron chi connectivity index (χ3n) is 4.92. The van der Waals surface area contributed by atoms with Crippen molar-refractivity contribution in [1.82, 2.24) is 0 Å². The zero-order valence-corrected chi connectivity index (χ0v) is 21.6. The molecule has 5 aromatic carbocycles. The van der Waals surface area contributed by atoms with Gasteiger partial charge in [-0.2, -0.15) is 0 Å². The summed E-state index contributed by atoms with van der Waals surface area (Å²) in [6, 6.07) is 47.3. The van der Waals surface area contributed by atoms with Crippen molar-refractivity contribution in [2.24, 2.45) is 0 Å². The Hall–Kier alpha value is -2.50. The molecule has 166 valence electrons. The van der Waals surface area contributed by atoms with Gasteiger partial charge < -0.3 is 0 Å². The summed E-state index contributed by atoms with van der Waals surface area (Å²) in [5.74, 6) is 0. The van der Waals surface area contributed by atoms with Gasteiger partial charge in [-0.3, -0.25) is 0 Å². The van der Waals surface area contributed by atoms with Gasteiger partial charge in [0, 0.05) is 39.2 Å². The van der Waals surface area contributed by atoms with Crippen LogP contribution < -0.4 is 0 Å². The summed E-state index contributed by atoms with van der Waals surface area (Å²) in [6.07, 6.45) is 0. The fourth-order valence-corrected chi connectivity index (χ4v) is 7.21. The zero-order valence-electron chi connectivity index (χ0n) is 18.3. The molecule has 5 rings (SSSR count). The summed E-state index contributed by atoms with van der Waals surface area (Å²) >= 11 is 7.27. The Labute approximate surface area is 218 Å². The monoisotopic (exact) mass is 510 g/mol. The number of hydrogen-bond donors (Lipinski definition) is 0. The largest absolute Gasteiger partial charge is 0.0889 e. The highest BCUT2D eigenvalue weighted by atomic mass is 32.2. The van der Waals surface area contributed by atoms with E-state index in [-0.39, 0.29) is 0 Å². The molecule has 0 aliphatic heterocycles. The smallest absolute Gasteiger partial charge is 0.0261 e. The van der Waals surface area contributed by atoms with Gasteiger partial charge in [0.1, 0.15) is 0 Å². The minimum atomic E-state index is 1.25. The topological polar surface area (TPSA) is 0 Å². The molecule has 34 heavy (non-hydrogen) atoms. The predicted octanol–water partition coefficient (Wildman–Crippen LogP) is 10.3. The molecule has 0 spiro atoms. The quantitative estimate of drug-likeness (QED) is 0.203. The average Bonchev–Trinajstić information content (AvgIpc) is 2.89. The molecular formula is C30H22S4. The normalized spacial score (nSPS) is 10.8. The summed E-state index contributed by atoms with van der Waals surface area (Å²) < 4.78 is 0. The van der Waals surface area contributed by atoms with Crippen LogP contribution >= 0.6 is 47.0 Å². The number of benzene rings is 5. The maximum Gasteiger partial charge on any atom is 0.0261 e. The van der Waals surface area contributed by atoms with Crippen molar-refractivity contribution in [3.63, 3.8) is 0 Å². The van der Waals surface area contributed by atoms with E-state index in [2.05, 4.69) is 133 Å². The SMILES string of the molecule is c1ccc(Sc2ccccc2Sc2ccc(Sc3ccccc3Sc3ccccc3)cc2)cc1. The lowest BCUT2D eigenvalue weighted by Crippen LogP contribution is -1.81. The summed E-state index contributed by atoms with van der Waals surface area (Å²) in [6.45, 7) is 0. The summed E-state index contributed by atoms with van der Waals surface area (Å²) in [5, 5.41) is 0. The van der Waals surface area contributed by atoms with Gasteiger partial charge in [0.15, 0.2) is 0 Å². The third kappa shape index (κ3) is 6.34. The third-order valence-corrected chi connectivity index (χ3v) is 9.51. The van der Waals surface area contributed by atoms with Crippen molar-refractivity contribution < 1.29 is 0 Å². The second kappa shape index (κ2) is 11.8. The first-order chi connectivity index (χ1) is 16.8. The van der Waals surface area contributed by atoms with Crippen LogP contribution in [0.5, 0.6) is 0 Å². The highest BCUT2D eigenvalue weighted by molar-refractivity contribution is 8.03. The molecule has 4 heteroatoms. The maximum atomic E-state index is 2.23. The van der Waals surface area contributed by atoms with Crippen molar-refractivity contribution in [2.45, 2.75) is 39.2 Å². The zero-order chi connectivity index (χ0) is 23.0. The average molecular weight is 511 g/mol. The van der Waals surface area contributed by atoms with E-state index in [0.29, 0.717) is 0 Å². The van der Waals surface area contributed by atoms with Gasteiger partial charge in [-0.1, -0.05) is 108 Å². The first kappa shape index (κ1) is 23.3. The lowest BCUT2D eigenvalue weighted by atomic mass is 10.3. The molecule has 0 nitrogen and oxygen atoms in total. The van der Waals surface area contributed by atoms with Crippen LogP contribution in [0.2, 0.25) is 0 Å². The van der Waals surface area contributed by atoms with Crippen molar-refractivity contribution in [3.8, 4) is 0 Å². The van der Waals surface area contributed by atoms with Crippen LogP contribution in [0.1, 0.15) is 0 Å². The molecule has 0 fully saturated rings. The number of hydrogen-bond acceptors (Lipinski definition) is 4. The fourth-order valence-electron chi connectivity index (χ4n) is 3.30. The number of rotatable bonds is 8. The van der Waals surface area contributed by atoms with E-state index in [9.17, 15) is 0 Å². The summed E-state index contributed by atoms with van der Waals surface area (Å²) in [4.78, 5) is 10.1. The van der Waals surface area contributed by atoms with Gasteiger partial charge in [0.2, 0.25) is 0 Å². The Bertz CT molecular complexity index is 1230. The van der Waals surface area contributed by atoms with Gasteiger partial charge in [0.25, 0.3) is 0 Å². The lowest BCUT2D eigenvalue weighted by molar-refractivity contribution is 1.22. The van der Waals surface area contributed by atoms with Crippen molar-refractivity contribution in [2.75, 3.05) is 0 Å². The molecule has 0 N–H and O–H groups in total. The van der Waals surface area contributed by atoms with Crippen LogP contribution in [0.15, 0.2) is 173 Å². The van der Waals surface area contributed by atoms with Crippen molar-refractivity contribution >= 4 is 47.0 Å². The molecule has 5 aromatic rings. The van der Waals surface area contributed by atoms with Gasteiger partial charge in [-0.15, -0.1) is 0 Å². The minimum Gasteiger partial charge on any atom is -0.0889 e. The maximum absolute atomic E-state index is 2.23. The molecule has 0 radical (unpaired) electrons. The second-order valence-corrected chi connectivity index (χ2v) is 11.9. The van der Waals surface area contributed by atoms with E-state index in [4.69, 9.17) is 0 Å². The highest BCUT2D eigenvalue weighted by Gasteiger charge is 2.08. The first-order valence-corrected chi connectivity index (χ1v) is 14.2. The fraction of sp³-hybridized carbons (Fsp3) is 0. The van der Waals surface area contributed by atoms with E-state index in [1.165, 1.54) is 39.2 Å². The molecule has 0 unspecified atom stereocenters. The van der Waals surface area contributed by atoms with Gasteiger partial charge in [0.05, 0.1) is 0 Å². The van der Waals surface area contributed by atoms with Crippen LogP contribution in [0.25, 0.3) is 0 Å². The van der Waals surface area contributed by atoms with Crippen molar-refractivity contribution in [3.05, 3.63) is 133 Å². The predicted molar refractivity (Wildman–Crippen MR) is 149 cm³/mol. The molecular weight excluding hydrogens is 489 g/mol. The second-order valence-electron chi connectivity index (χ2n) is 7.40. The van der Waals surface area contributed by atoms with E-state index in [1.807, 2.05) is 47.0 Å². The summed E-state index contributed by atoms with van der Waals surface area (Å²) in [7, 11) is 0. The van der Waals surface area contributed by atoms with Crippen LogP contribution in [0, 0.1) is 0 Å². The standard InChI is InChI=1S/C30H22S4/c1-3-11-23(12-4-1)31-27-15-7-9-17-29(27)33-25-19-21-26(22-20-25)34-30-18-10-8-16-28(30)32-24-13-5-2-6-14-24/h1-22H. The summed E-state index contributed by atoms with van der Waals surface area (Å²) in [5.41, 5.74) is 0. The lowest BCUT2D eigenvalue weighted by Gasteiger charge is -2.11.